The zero-order valence-corrected chi connectivity index (χ0v) is 15.2. The first-order valence-electron chi connectivity index (χ1n) is 8.42. The molecule has 3 aromatic rings. The molecule has 0 aliphatic carbocycles. The van der Waals surface area contributed by atoms with Gasteiger partial charge in [-0.05, 0) is 37.1 Å². The number of aryl methyl sites for hydroxylation is 2. The van der Waals surface area contributed by atoms with Crippen LogP contribution in [0.5, 0.6) is 0 Å². The number of aromatic amines is 1. The number of oxazole rings is 1. The molecule has 1 aromatic carbocycles. The van der Waals surface area contributed by atoms with E-state index in [9.17, 15) is 9.59 Å². The van der Waals surface area contributed by atoms with E-state index < -0.39 is 5.97 Å². The highest BCUT2D eigenvalue weighted by Gasteiger charge is 2.24. The predicted molar refractivity (Wildman–Crippen MR) is 97.6 cm³/mol. The van der Waals surface area contributed by atoms with E-state index in [0.717, 1.165) is 6.42 Å². The van der Waals surface area contributed by atoms with Crippen molar-refractivity contribution in [3.8, 4) is 0 Å². The molecular formula is C19H21N3O4. The van der Waals surface area contributed by atoms with Crippen LogP contribution in [-0.2, 0) is 11.2 Å². The number of methoxy groups -OCH3 is 1. The lowest BCUT2D eigenvalue weighted by Gasteiger charge is -2.07. The van der Waals surface area contributed by atoms with Crippen molar-refractivity contribution in [3.05, 3.63) is 46.6 Å². The van der Waals surface area contributed by atoms with E-state index in [1.807, 2.05) is 6.92 Å². The van der Waals surface area contributed by atoms with Crippen LogP contribution in [0.3, 0.4) is 0 Å². The zero-order valence-electron chi connectivity index (χ0n) is 15.2. The molecule has 0 spiro atoms. The van der Waals surface area contributed by atoms with Gasteiger partial charge in [0, 0.05) is 18.3 Å². The van der Waals surface area contributed by atoms with Crippen molar-refractivity contribution >= 4 is 28.7 Å². The maximum absolute atomic E-state index is 12.8. The number of amides is 1. The molecule has 26 heavy (non-hydrogen) atoms. The van der Waals surface area contributed by atoms with E-state index in [1.165, 1.54) is 7.11 Å². The summed E-state index contributed by atoms with van der Waals surface area (Å²) in [7, 11) is 1.33. The normalized spacial score (nSPS) is 10.9. The third-order valence-electron chi connectivity index (χ3n) is 4.16. The number of benzene rings is 1. The van der Waals surface area contributed by atoms with Gasteiger partial charge in [0.15, 0.2) is 11.5 Å². The van der Waals surface area contributed by atoms with Crippen molar-refractivity contribution in [2.24, 2.45) is 0 Å². The number of hydrogen-bond acceptors (Lipinski definition) is 5. The molecular weight excluding hydrogens is 334 g/mol. The van der Waals surface area contributed by atoms with Gasteiger partial charge in [-0.1, -0.05) is 13.3 Å². The van der Waals surface area contributed by atoms with E-state index in [-0.39, 0.29) is 5.91 Å². The first-order valence-corrected chi connectivity index (χ1v) is 8.42. The number of aromatic nitrogens is 2. The number of fused-ring (bicyclic) bond motifs is 1. The average Bonchev–Trinajstić information content (AvgIpc) is 3.13. The summed E-state index contributed by atoms with van der Waals surface area (Å²) in [6, 6.07) is 5.26. The number of carbonyl (C=O) groups is 2. The third kappa shape index (κ3) is 3.20. The van der Waals surface area contributed by atoms with Gasteiger partial charge in [-0.25, -0.2) is 9.78 Å². The van der Waals surface area contributed by atoms with E-state index >= 15 is 0 Å². The zero-order chi connectivity index (χ0) is 18.8. The van der Waals surface area contributed by atoms with Crippen molar-refractivity contribution in [2.45, 2.75) is 33.6 Å². The summed E-state index contributed by atoms with van der Waals surface area (Å²) in [4.78, 5) is 32.2. The Labute approximate surface area is 150 Å². The molecule has 2 aromatic heterocycles. The van der Waals surface area contributed by atoms with E-state index in [4.69, 9.17) is 9.15 Å². The first-order chi connectivity index (χ1) is 12.4. The average molecular weight is 355 g/mol. The minimum absolute atomic E-state index is 0.314. The third-order valence-corrected chi connectivity index (χ3v) is 4.16. The summed E-state index contributed by atoms with van der Waals surface area (Å²) in [6.07, 6.45) is 1.39. The van der Waals surface area contributed by atoms with Crippen LogP contribution in [0, 0.1) is 13.8 Å². The molecule has 0 atom stereocenters. The second-order valence-electron chi connectivity index (χ2n) is 6.09. The maximum atomic E-state index is 12.8. The van der Waals surface area contributed by atoms with Crippen LogP contribution < -0.4 is 5.32 Å². The Kier molecular flexibility index (Phi) is 4.79. The molecule has 0 bridgehead atoms. The van der Waals surface area contributed by atoms with Crippen LogP contribution in [0.15, 0.2) is 22.6 Å². The monoisotopic (exact) mass is 355 g/mol. The Morgan fingerprint density at radius 3 is 2.77 bits per heavy atom. The largest absolute Gasteiger partial charge is 0.465 e. The Hall–Kier alpha value is -3.09. The van der Waals surface area contributed by atoms with E-state index in [2.05, 4.69) is 15.3 Å². The molecule has 7 heteroatoms. The smallest absolute Gasteiger partial charge is 0.339 e. The number of carbonyl (C=O) groups excluding carboxylic acids is 2. The van der Waals surface area contributed by atoms with Crippen LogP contribution >= 0.6 is 0 Å². The number of anilines is 1. The number of nitrogens with one attached hydrogen (secondary N) is 2. The van der Waals surface area contributed by atoms with Gasteiger partial charge in [0.2, 0.25) is 0 Å². The van der Waals surface area contributed by atoms with Crippen molar-refractivity contribution in [2.75, 3.05) is 12.4 Å². The molecule has 0 aliphatic heterocycles. The maximum Gasteiger partial charge on any atom is 0.339 e. The number of esters is 1. The lowest BCUT2D eigenvalue weighted by molar-refractivity contribution is 0.0599. The first kappa shape index (κ1) is 17.7. The predicted octanol–water partition coefficient (Wildman–Crippen LogP) is 3.76. The van der Waals surface area contributed by atoms with Crippen LogP contribution in [0.1, 0.15) is 51.3 Å². The molecule has 3 rings (SSSR count). The van der Waals surface area contributed by atoms with Gasteiger partial charge in [0.1, 0.15) is 11.2 Å². The van der Waals surface area contributed by atoms with Gasteiger partial charge >= 0.3 is 5.97 Å². The minimum atomic E-state index is -0.444. The van der Waals surface area contributed by atoms with Crippen molar-refractivity contribution in [3.63, 3.8) is 0 Å². The summed E-state index contributed by atoms with van der Waals surface area (Å²) >= 11 is 0. The van der Waals surface area contributed by atoms with Crippen LogP contribution in [0.25, 0.3) is 11.1 Å². The molecule has 2 N–H and O–H groups in total. The molecule has 1 amide bonds. The number of rotatable bonds is 5. The lowest BCUT2D eigenvalue weighted by Crippen LogP contribution is -2.15. The number of hydrogen-bond donors (Lipinski definition) is 2. The summed E-state index contributed by atoms with van der Waals surface area (Å²) in [5.74, 6) is -0.191. The van der Waals surface area contributed by atoms with Gasteiger partial charge in [-0.2, -0.15) is 0 Å². The van der Waals surface area contributed by atoms with Gasteiger partial charge in [0.25, 0.3) is 5.91 Å². The molecule has 136 valence electrons. The highest BCUT2D eigenvalue weighted by molar-refractivity contribution is 6.07. The number of H-pyrrole nitrogens is 1. The Morgan fingerprint density at radius 1 is 1.31 bits per heavy atom. The van der Waals surface area contributed by atoms with Gasteiger partial charge in [-0.15, -0.1) is 0 Å². The SMILES string of the molecule is CCCc1c(C(=O)Nc2ccc3oc(C)nc3c2)[nH]c(C)c1C(=O)OC. The highest BCUT2D eigenvalue weighted by Crippen LogP contribution is 2.24. The summed E-state index contributed by atoms with van der Waals surface area (Å²) in [5.41, 5.74) is 4.04. The van der Waals surface area contributed by atoms with Gasteiger partial charge in [-0.3, -0.25) is 4.79 Å². The molecule has 0 saturated heterocycles. The second kappa shape index (κ2) is 7.03. The highest BCUT2D eigenvalue weighted by atomic mass is 16.5. The molecule has 0 aliphatic rings. The number of nitrogens with zero attached hydrogens (tertiary/aromatic N) is 1. The molecule has 0 fully saturated rings. The van der Waals surface area contributed by atoms with Crippen LogP contribution in [0.2, 0.25) is 0 Å². The lowest BCUT2D eigenvalue weighted by atomic mass is 10.0. The second-order valence-corrected chi connectivity index (χ2v) is 6.09. The molecule has 0 saturated carbocycles. The summed E-state index contributed by atoms with van der Waals surface area (Å²) in [5, 5.41) is 2.85. The Bertz CT molecular complexity index is 984. The van der Waals surface area contributed by atoms with Crippen molar-refractivity contribution in [1.29, 1.82) is 0 Å². The van der Waals surface area contributed by atoms with E-state index in [0.29, 0.717) is 51.6 Å². The van der Waals surface area contributed by atoms with E-state index in [1.54, 1.807) is 32.0 Å². The molecule has 2 heterocycles. The fraction of sp³-hybridized carbons (Fsp3) is 0.316. The quantitative estimate of drug-likeness (QED) is 0.679. The van der Waals surface area contributed by atoms with Crippen molar-refractivity contribution < 1.29 is 18.7 Å². The topological polar surface area (TPSA) is 97.2 Å². The molecule has 0 unspecified atom stereocenters. The Balaban J connectivity index is 1.94. The summed E-state index contributed by atoms with van der Waals surface area (Å²) < 4.78 is 10.3. The Morgan fingerprint density at radius 2 is 2.08 bits per heavy atom. The molecule has 7 nitrogen and oxygen atoms in total. The van der Waals surface area contributed by atoms with Gasteiger partial charge < -0.3 is 19.5 Å². The summed E-state index contributed by atoms with van der Waals surface area (Å²) in [6.45, 7) is 5.52. The van der Waals surface area contributed by atoms with Crippen molar-refractivity contribution in [1.82, 2.24) is 9.97 Å². The minimum Gasteiger partial charge on any atom is -0.465 e. The van der Waals surface area contributed by atoms with Gasteiger partial charge in [0.05, 0.1) is 12.7 Å². The fourth-order valence-electron chi connectivity index (χ4n) is 3.06. The standard InChI is InChI=1S/C19H21N3O4/c1-5-6-13-16(19(24)25-4)10(2)20-17(13)18(23)22-12-7-8-15-14(9-12)21-11(3)26-15/h7-9,20H,5-6H2,1-4H3,(H,22,23). The number of ether oxygens (including phenoxy) is 1. The van der Waals surface area contributed by atoms with Crippen LogP contribution in [-0.4, -0.2) is 29.0 Å². The fourth-order valence-corrected chi connectivity index (χ4v) is 3.06. The van der Waals surface area contributed by atoms with Crippen LogP contribution in [0.4, 0.5) is 5.69 Å². The molecule has 0 radical (unpaired) electrons.